The van der Waals surface area contributed by atoms with Gasteiger partial charge in [-0.15, -0.1) is 0 Å². The Hall–Kier alpha value is -1.92. The largest absolute Gasteiger partial charge is 0.497 e. The second-order valence-corrected chi connectivity index (χ2v) is 5.61. The van der Waals surface area contributed by atoms with Crippen molar-refractivity contribution in [1.82, 2.24) is 0 Å². The van der Waals surface area contributed by atoms with Crippen LogP contribution in [-0.2, 0) is 4.74 Å². The Morgan fingerprint density at radius 3 is 1.96 bits per heavy atom. The zero-order valence-corrected chi connectivity index (χ0v) is 12.8. The number of aliphatic hydroxyl groups is 3. The summed E-state index contributed by atoms with van der Waals surface area (Å²) in [5.74, 6) is 0.803. The van der Waals surface area contributed by atoms with E-state index in [9.17, 15) is 10.2 Å². The maximum Gasteiger partial charge on any atom is 0.118 e. The van der Waals surface area contributed by atoms with Gasteiger partial charge in [0, 0.05) is 0 Å². The van der Waals surface area contributed by atoms with E-state index in [4.69, 9.17) is 14.6 Å². The molecule has 23 heavy (non-hydrogen) atoms. The van der Waals surface area contributed by atoms with Crippen LogP contribution in [0.1, 0.15) is 11.7 Å². The standard InChI is InChI=1S/C18H20O5/c1-22-14-8-6-12(7-9-14)11-2-4-13(5-3-11)18-17(21)16(20)15(10-19)23-18/h2-9,15-21H,10H2,1H3/t15-,16-,17-,18+/m1/s1. The average molecular weight is 316 g/mol. The van der Waals surface area contributed by atoms with Gasteiger partial charge in [-0.2, -0.15) is 0 Å². The third-order valence-corrected chi connectivity index (χ3v) is 4.20. The van der Waals surface area contributed by atoms with Crippen LogP contribution in [0.25, 0.3) is 11.1 Å². The van der Waals surface area contributed by atoms with E-state index in [1.165, 1.54) is 0 Å². The Kier molecular flexibility index (Phi) is 4.63. The van der Waals surface area contributed by atoms with Crippen LogP contribution in [0, 0.1) is 0 Å². The molecular weight excluding hydrogens is 296 g/mol. The Balaban J connectivity index is 1.79. The predicted octanol–water partition coefficient (Wildman–Crippen LogP) is 1.52. The highest BCUT2D eigenvalue weighted by Crippen LogP contribution is 2.34. The van der Waals surface area contributed by atoms with Gasteiger partial charge in [-0.1, -0.05) is 36.4 Å². The van der Waals surface area contributed by atoms with E-state index in [-0.39, 0.29) is 6.61 Å². The second-order valence-electron chi connectivity index (χ2n) is 5.61. The molecule has 0 bridgehead atoms. The van der Waals surface area contributed by atoms with E-state index >= 15 is 0 Å². The van der Waals surface area contributed by atoms with Gasteiger partial charge in [-0.05, 0) is 28.8 Å². The van der Waals surface area contributed by atoms with Crippen LogP contribution in [0.4, 0.5) is 0 Å². The maximum absolute atomic E-state index is 10.1. The summed E-state index contributed by atoms with van der Waals surface area (Å²) in [4.78, 5) is 0. The molecule has 0 aromatic heterocycles. The number of aliphatic hydroxyl groups excluding tert-OH is 3. The molecule has 0 spiro atoms. The van der Waals surface area contributed by atoms with Crippen molar-refractivity contribution in [2.24, 2.45) is 0 Å². The molecule has 2 aromatic carbocycles. The molecule has 1 saturated heterocycles. The molecule has 5 nitrogen and oxygen atoms in total. The van der Waals surface area contributed by atoms with Gasteiger partial charge < -0.3 is 24.8 Å². The summed E-state index contributed by atoms with van der Waals surface area (Å²) >= 11 is 0. The third-order valence-electron chi connectivity index (χ3n) is 4.20. The minimum Gasteiger partial charge on any atom is -0.497 e. The first-order valence-corrected chi connectivity index (χ1v) is 7.51. The molecule has 2 aromatic rings. The van der Waals surface area contributed by atoms with Gasteiger partial charge in [0.1, 0.15) is 30.2 Å². The fourth-order valence-corrected chi connectivity index (χ4v) is 2.82. The minimum absolute atomic E-state index is 0.321. The summed E-state index contributed by atoms with van der Waals surface area (Å²) in [5.41, 5.74) is 2.85. The first-order chi connectivity index (χ1) is 11.1. The second kappa shape index (κ2) is 6.68. The highest BCUT2D eigenvalue weighted by atomic mass is 16.6. The SMILES string of the molecule is COc1ccc(-c2ccc([C@@H]3O[C@H](CO)[C@@H](O)[C@H]3O)cc2)cc1. The van der Waals surface area contributed by atoms with Crippen LogP contribution >= 0.6 is 0 Å². The molecule has 0 unspecified atom stereocenters. The summed E-state index contributed by atoms with van der Waals surface area (Å²) in [6.07, 6.45) is -3.51. The first-order valence-electron chi connectivity index (χ1n) is 7.51. The van der Waals surface area contributed by atoms with Gasteiger partial charge >= 0.3 is 0 Å². The molecule has 0 aliphatic carbocycles. The van der Waals surface area contributed by atoms with E-state index in [0.717, 1.165) is 22.4 Å². The number of rotatable bonds is 4. The fraction of sp³-hybridized carbons (Fsp3) is 0.333. The molecule has 0 saturated carbocycles. The number of hydrogen-bond donors (Lipinski definition) is 3. The molecule has 0 amide bonds. The summed E-state index contributed by atoms with van der Waals surface area (Å²) in [6.45, 7) is -0.321. The fourth-order valence-electron chi connectivity index (χ4n) is 2.82. The monoisotopic (exact) mass is 316 g/mol. The summed E-state index contributed by atoms with van der Waals surface area (Å²) in [7, 11) is 1.63. The molecular formula is C18H20O5. The normalized spacial score (nSPS) is 27.1. The van der Waals surface area contributed by atoms with E-state index in [1.807, 2.05) is 48.5 Å². The summed E-state index contributed by atoms with van der Waals surface area (Å²) in [6, 6.07) is 15.3. The topological polar surface area (TPSA) is 79.2 Å². The molecule has 1 fully saturated rings. The summed E-state index contributed by atoms with van der Waals surface area (Å²) in [5, 5.41) is 29.0. The molecule has 1 aliphatic heterocycles. The van der Waals surface area contributed by atoms with Gasteiger partial charge in [0.2, 0.25) is 0 Å². The predicted molar refractivity (Wildman–Crippen MR) is 85.1 cm³/mol. The average Bonchev–Trinajstić information content (AvgIpc) is 2.90. The van der Waals surface area contributed by atoms with Gasteiger partial charge in [-0.3, -0.25) is 0 Å². The van der Waals surface area contributed by atoms with Crippen molar-refractivity contribution in [3.8, 4) is 16.9 Å². The molecule has 1 heterocycles. The zero-order chi connectivity index (χ0) is 16.4. The van der Waals surface area contributed by atoms with E-state index in [0.29, 0.717) is 0 Å². The lowest BCUT2D eigenvalue weighted by Crippen LogP contribution is -2.32. The van der Waals surface area contributed by atoms with Crippen LogP contribution in [0.15, 0.2) is 48.5 Å². The molecule has 0 radical (unpaired) electrons. The zero-order valence-electron chi connectivity index (χ0n) is 12.8. The van der Waals surface area contributed by atoms with E-state index < -0.39 is 24.4 Å². The molecule has 3 N–H and O–H groups in total. The lowest BCUT2D eigenvalue weighted by Gasteiger charge is -2.15. The quantitative estimate of drug-likeness (QED) is 0.797. The van der Waals surface area contributed by atoms with Crippen molar-refractivity contribution in [3.63, 3.8) is 0 Å². The highest BCUT2D eigenvalue weighted by molar-refractivity contribution is 5.64. The number of benzene rings is 2. The maximum atomic E-state index is 10.1. The lowest BCUT2D eigenvalue weighted by atomic mass is 9.98. The summed E-state index contributed by atoms with van der Waals surface area (Å²) < 4.78 is 10.7. The van der Waals surface area contributed by atoms with Crippen molar-refractivity contribution in [1.29, 1.82) is 0 Å². The molecule has 122 valence electrons. The van der Waals surface area contributed by atoms with E-state index in [1.54, 1.807) is 7.11 Å². The Labute approximate surface area is 134 Å². The van der Waals surface area contributed by atoms with Gasteiger partial charge in [0.05, 0.1) is 13.7 Å². The van der Waals surface area contributed by atoms with Crippen LogP contribution in [0.5, 0.6) is 5.75 Å². The molecule has 5 heteroatoms. The molecule has 1 aliphatic rings. The Bertz CT molecular complexity index is 637. The Morgan fingerprint density at radius 1 is 0.913 bits per heavy atom. The van der Waals surface area contributed by atoms with Crippen LogP contribution < -0.4 is 4.74 Å². The third kappa shape index (κ3) is 3.09. The highest BCUT2D eigenvalue weighted by Gasteiger charge is 2.42. The molecule has 3 rings (SSSR count). The first kappa shape index (κ1) is 16.0. The Morgan fingerprint density at radius 2 is 1.48 bits per heavy atom. The smallest absolute Gasteiger partial charge is 0.118 e. The number of hydrogen-bond acceptors (Lipinski definition) is 5. The molecule has 4 atom stereocenters. The number of ether oxygens (including phenoxy) is 2. The number of methoxy groups -OCH3 is 1. The van der Waals surface area contributed by atoms with Gasteiger partial charge in [-0.25, -0.2) is 0 Å². The lowest BCUT2D eigenvalue weighted by molar-refractivity contribution is -0.0227. The minimum atomic E-state index is -1.08. The van der Waals surface area contributed by atoms with Crippen LogP contribution in [-0.4, -0.2) is 47.3 Å². The van der Waals surface area contributed by atoms with Crippen molar-refractivity contribution < 1.29 is 24.8 Å². The van der Waals surface area contributed by atoms with Gasteiger partial charge in [0.15, 0.2) is 0 Å². The van der Waals surface area contributed by atoms with E-state index in [2.05, 4.69) is 0 Å². The van der Waals surface area contributed by atoms with Crippen molar-refractivity contribution in [2.45, 2.75) is 24.4 Å². The van der Waals surface area contributed by atoms with Crippen molar-refractivity contribution in [2.75, 3.05) is 13.7 Å². The van der Waals surface area contributed by atoms with Gasteiger partial charge in [0.25, 0.3) is 0 Å². The van der Waals surface area contributed by atoms with Crippen LogP contribution in [0.2, 0.25) is 0 Å². The van der Waals surface area contributed by atoms with Crippen molar-refractivity contribution >= 4 is 0 Å². The van der Waals surface area contributed by atoms with Crippen molar-refractivity contribution in [3.05, 3.63) is 54.1 Å². The van der Waals surface area contributed by atoms with Crippen LogP contribution in [0.3, 0.4) is 0 Å².